The normalized spacial score (nSPS) is 25.8. The number of halogens is 4. The van der Waals surface area contributed by atoms with Crippen LogP contribution in [-0.2, 0) is 0 Å². The van der Waals surface area contributed by atoms with Crippen molar-refractivity contribution >= 4 is 0 Å². The van der Waals surface area contributed by atoms with Gasteiger partial charge in [0.2, 0.25) is 5.92 Å². The zero-order valence-corrected chi connectivity index (χ0v) is 6.62. The Labute approximate surface area is 69.0 Å². The molecule has 0 aromatic heterocycles. The van der Waals surface area contributed by atoms with E-state index in [2.05, 4.69) is 6.92 Å². The first kappa shape index (κ1) is 9.81. The summed E-state index contributed by atoms with van der Waals surface area (Å²) >= 11 is 0. The van der Waals surface area contributed by atoms with E-state index in [1.54, 1.807) is 0 Å². The second-order valence-corrected chi connectivity index (χ2v) is 3.39. The molecule has 1 rings (SSSR count). The van der Waals surface area contributed by atoms with Gasteiger partial charge in [0.05, 0.1) is 0 Å². The van der Waals surface area contributed by atoms with Crippen LogP contribution < -0.4 is 0 Å². The third-order valence-corrected chi connectivity index (χ3v) is 2.31. The van der Waals surface area contributed by atoms with E-state index in [0.29, 0.717) is 0 Å². The molecule has 0 aromatic rings. The molecular formula is C8H11F4. The standard InChI is InChI=1S/C8H11F4/c1-7(9,10)6-2-4-8(11,12)5-3-6/h6H,1-5H2. The lowest BCUT2D eigenvalue weighted by molar-refractivity contribution is -0.0929. The molecule has 0 aromatic carbocycles. The molecule has 4 heteroatoms. The van der Waals surface area contributed by atoms with E-state index >= 15 is 0 Å². The Balaban J connectivity index is 2.47. The predicted octanol–water partition coefficient (Wildman–Crippen LogP) is 3.28. The van der Waals surface area contributed by atoms with Crippen LogP contribution in [0.15, 0.2) is 0 Å². The molecule has 0 heterocycles. The third-order valence-electron chi connectivity index (χ3n) is 2.31. The smallest absolute Gasteiger partial charge is 0.207 e. The summed E-state index contributed by atoms with van der Waals surface area (Å²) in [6.45, 7) is 2.66. The zero-order chi connectivity index (χ0) is 9.41. The summed E-state index contributed by atoms with van der Waals surface area (Å²) in [5, 5.41) is 0. The first-order valence-corrected chi connectivity index (χ1v) is 3.92. The van der Waals surface area contributed by atoms with E-state index in [-0.39, 0.29) is 12.8 Å². The summed E-state index contributed by atoms with van der Waals surface area (Å²) in [6, 6.07) is 0. The quantitative estimate of drug-likeness (QED) is 0.547. The lowest BCUT2D eigenvalue weighted by atomic mass is 9.83. The van der Waals surface area contributed by atoms with E-state index in [4.69, 9.17) is 0 Å². The predicted molar refractivity (Wildman–Crippen MR) is 37.2 cm³/mol. The first-order valence-electron chi connectivity index (χ1n) is 3.92. The topological polar surface area (TPSA) is 0 Å². The molecular weight excluding hydrogens is 172 g/mol. The van der Waals surface area contributed by atoms with Crippen molar-refractivity contribution in [2.24, 2.45) is 5.92 Å². The maximum absolute atomic E-state index is 12.5. The van der Waals surface area contributed by atoms with Gasteiger partial charge in [0.1, 0.15) is 0 Å². The van der Waals surface area contributed by atoms with Crippen LogP contribution in [0.25, 0.3) is 0 Å². The minimum absolute atomic E-state index is 0.122. The van der Waals surface area contributed by atoms with Gasteiger partial charge < -0.3 is 0 Å². The molecule has 0 saturated heterocycles. The summed E-state index contributed by atoms with van der Waals surface area (Å²) in [7, 11) is 0. The number of hydrogen-bond donors (Lipinski definition) is 0. The molecule has 0 aliphatic heterocycles. The van der Waals surface area contributed by atoms with Crippen molar-refractivity contribution in [1.29, 1.82) is 0 Å². The van der Waals surface area contributed by atoms with Gasteiger partial charge in [0.15, 0.2) is 0 Å². The molecule has 1 aliphatic rings. The van der Waals surface area contributed by atoms with Crippen LogP contribution in [0.4, 0.5) is 17.6 Å². The molecule has 1 saturated carbocycles. The molecule has 12 heavy (non-hydrogen) atoms. The fraction of sp³-hybridized carbons (Fsp3) is 0.875. The monoisotopic (exact) mass is 183 g/mol. The molecule has 71 valence electrons. The van der Waals surface area contributed by atoms with E-state index in [0.717, 1.165) is 0 Å². The SMILES string of the molecule is [CH2]C(F)(F)C1CCC(F)(F)CC1. The minimum atomic E-state index is -3.05. The molecule has 0 amide bonds. The molecule has 1 fully saturated rings. The van der Waals surface area contributed by atoms with Crippen molar-refractivity contribution in [2.45, 2.75) is 37.5 Å². The molecule has 1 radical (unpaired) electrons. The van der Waals surface area contributed by atoms with Crippen molar-refractivity contribution in [2.75, 3.05) is 0 Å². The Morgan fingerprint density at radius 1 is 1.17 bits per heavy atom. The zero-order valence-electron chi connectivity index (χ0n) is 6.62. The molecule has 0 spiro atoms. The first-order chi connectivity index (χ1) is 5.31. The maximum atomic E-state index is 12.5. The Kier molecular flexibility index (Phi) is 2.36. The van der Waals surface area contributed by atoms with Gasteiger partial charge in [-0.15, -0.1) is 0 Å². The van der Waals surface area contributed by atoms with Crippen LogP contribution in [0, 0.1) is 12.8 Å². The number of rotatable bonds is 1. The minimum Gasteiger partial charge on any atom is -0.207 e. The lowest BCUT2D eigenvalue weighted by Crippen LogP contribution is -2.33. The van der Waals surface area contributed by atoms with Gasteiger partial charge in [-0.1, -0.05) is 0 Å². The van der Waals surface area contributed by atoms with Gasteiger partial charge in [-0.2, -0.15) is 0 Å². The Morgan fingerprint density at radius 3 is 1.92 bits per heavy atom. The van der Waals surface area contributed by atoms with Crippen molar-refractivity contribution in [3.63, 3.8) is 0 Å². The molecule has 0 nitrogen and oxygen atoms in total. The Hall–Kier alpha value is -0.280. The van der Waals surface area contributed by atoms with Crippen molar-refractivity contribution in [1.82, 2.24) is 0 Å². The van der Waals surface area contributed by atoms with Crippen LogP contribution in [-0.4, -0.2) is 11.8 Å². The van der Waals surface area contributed by atoms with Gasteiger partial charge in [-0.3, -0.25) is 0 Å². The highest BCUT2D eigenvalue weighted by Crippen LogP contribution is 2.42. The van der Waals surface area contributed by atoms with Crippen molar-refractivity contribution < 1.29 is 17.6 Å². The van der Waals surface area contributed by atoms with Crippen LogP contribution in [0.5, 0.6) is 0 Å². The molecule has 1 aliphatic carbocycles. The number of alkyl halides is 4. The summed E-state index contributed by atoms with van der Waals surface area (Å²) < 4.78 is 50.0. The van der Waals surface area contributed by atoms with Gasteiger partial charge in [-0.25, -0.2) is 17.6 Å². The number of hydrogen-bond acceptors (Lipinski definition) is 0. The van der Waals surface area contributed by atoms with E-state index < -0.39 is 30.6 Å². The Bertz CT molecular complexity index is 149. The van der Waals surface area contributed by atoms with Crippen LogP contribution in [0.3, 0.4) is 0 Å². The molecule has 0 unspecified atom stereocenters. The molecule has 0 bridgehead atoms. The summed E-state index contributed by atoms with van der Waals surface area (Å²) in [5.41, 5.74) is 0. The molecule has 0 N–H and O–H groups in total. The lowest BCUT2D eigenvalue weighted by Gasteiger charge is -2.31. The van der Waals surface area contributed by atoms with E-state index in [9.17, 15) is 17.6 Å². The highest BCUT2D eigenvalue weighted by molar-refractivity contribution is 4.86. The molecule has 0 atom stereocenters. The highest BCUT2D eigenvalue weighted by Gasteiger charge is 2.43. The summed E-state index contributed by atoms with van der Waals surface area (Å²) in [6.07, 6.45) is -1.10. The largest absolute Gasteiger partial charge is 0.251 e. The van der Waals surface area contributed by atoms with Gasteiger partial charge in [0, 0.05) is 25.7 Å². The van der Waals surface area contributed by atoms with Crippen LogP contribution in [0.2, 0.25) is 0 Å². The highest BCUT2D eigenvalue weighted by atomic mass is 19.3. The second-order valence-electron chi connectivity index (χ2n) is 3.39. The van der Waals surface area contributed by atoms with Gasteiger partial charge in [-0.05, 0) is 12.8 Å². The third kappa shape index (κ3) is 2.35. The fourth-order valence-electron chi connectivity index (χ4n) is 1.46. The fourth-order valence-corrected chi connectivity index (χ4v) is 1.46. The van der Waals surface area contributed by atoms with E-state index in [1.807, 2.05) is 0 Å². The average Bonchev–Trinajstić information content (AvgIpc) is 1.83. The summed E-state index contributed by atoms with van der Waals surface area (Å²) in [5.74, 6) is -6.74. The average molecular weight is 183 g/mol. The van der Waals surface area contributed by atoms with Gasteiger partial charge >= 0.3 is 0 Å². The summed E-state index contributed by atoms with van der Waals surface area (Å²) in [4.78, 5) is 0. The maximum Gasteiger partial charge on any atom is 0.251 e. The van der Waals surface area contributed by atoms with Crippen LogP contribution >= 0.6 is 0 Å². The van der Waals surface area contributed by atoms with Gasteiger partial charge in [0.25, 0.3) is 5.92 Å². The van der Waals surface area contributed by atoms with Crippen molar-refractivity contribution in [3.8, 4) is 0 Å². The Morgan fingerprint density at radius 2 is 1.58 bits per heavy atom. The van der Waals surface area contributed by atoms with Crippen molar-refractivity contribution in [3.05, 3.63) is 6.92 Å². The van der Waals surface area contributed by atoms with E-state index in [1.165, 1.54) is 0 Å². The second kappa shape index (κ2) is 2.89. The van der Waals surface area contributed by atoms with Crippen LogP contribution in [0.1, 0.15) is 25.7 Å².